The molecular weight excluding hydrogens is 384 g/mol. The van der Waals surface area contributed by atoms with Crippen molar-refractivity contribution in [3.63, 3.8) is 0 Å². The topological polar surface area (TPSA) is 63.7 Å². The average molecular weight is 408 g/mol. The van der Waals surface area contributed by atoms with Gasteiger partial charge < -0.3 is 4.74 Å². The molecule has 26 heavy (non-hydrogen) atoms. The Bertz CT molecular complexity index is 566. The van der Waals surface area contributed by atoms with Gasteiger partial charge in [-0.2, -0.15) is 0 Å². The molecule has 7 unspecified atom stereocenters. The number of methoxy groups -OCH3 is 1. The summed E-state index contributed by atoms with van der Waals surface area (Å²) in [6, 6.07) is -0.817. The molecule has 146 valence electrons. The zero-order valence-corrected chi connectivity index (χ0v) is 16.2. The van der Waals surface area contributed by atoms with Gasteiger partial charge in [-0.3, -0.25) is 19.3 Å². The molecule has 0 bridgehead atoms. The lowest BCUT2D eigenvalue weighted by molar-refractivity contribution is -0.146. The van der Waals surface area contributed by atoms with Crippen molar-refractivity contribution < 1.29 is 23.5 Å². The third-order valence-corrected chi connectivity index (χ3v) is 6.99. The average Bonchev–Trinajstić information content (AvgIpc) is 2.88. The predicted molar refractivity (Wildman–Crippen MR) is 94.6 cm³/mol. The highest BCUT2D eigenvalue weighted by atomic mass is 35.5. The van der Waals surface area contributed by atoms with Crippen LogP contribution >= 0.6 is 23.2 Å². The fourth-order valence-electron chi connectivity index (χ4n) is 4.69. The SMILES string of the molecule is COC(=O)C(Cl)CC1CC(N2C(=O)C3CCCCC3C2=O)C(F)CC1Cl. The Balaban J connectivity index is 1.75. The normalized spacial score (nSPS) is 38.8. The van der Waals surface area contributed by atoms with Crippen LogP contribution in [-0.4, -0.2) is 52.8 Å². The maximum atomic E-state index is 14.8. The molecule has 0 aromatic rings. The van der Waals surface area contributed by atoms with E-state index in [4.69, 9.17) is 23.2 Å². The molecule has 8 heteroatoms. The number of alkyl halides is 3. The number of hydrogen-bond acceptors (Lipinski definition) is 4. The first-order chi connectivity index (χ1) is 12.3. The Hall–Kier alpha value is -0.880. The van der Waals surface area contributed by atoms with Crippen LogP contribution in [0.15, 0.2) is 0 Å². The number of ether oxygens (including phenoxy) is 1. The summed E-state index contributed by atoms with van der Waals surface area (Å²) in [7, 11) is 1.25. The molecular formula is C18H24Cl2FNO4. The second-order valence-corrected chi connectivity index (χ2v) is 8.69. The smallest absolute Gasteiger partial charge is 0.323 e. The van der Waals surface area contributed by atoms with Crippen LogP contribution in [0, 0.1) is 17.8 Å². The number of nitrogens with zero attached hydrogens (tertiary/aromatic N) is 1. The number of hydrogen-bond donors (Lipinski definition) is 0. The highest BCUT2D eigenvalue weighted by Crippen LogP contribution is 2.43. The Morgan fingerprint density at radius 2 is 1.81 bits per heavy atom. The number of carbonyl (C=O) groups is 3. The number of likely N-dealkylation sites (tertiary alicyclic amines) is 1. The summed E-state index contributed by atoms with van der Waals surface area (Å²) < 4.78 is 19.4. The molecule has 1 aliphatic heterocycles. The summed E-state index contributed by atoms with van der Waals surface area (Å²) in [5.41, 5.74) is 0. The lowest BCUT2D eigenvalue weighted by atomic mass is 9.80. The van der Waals surface area contributed by atoms with Crippen LogP contribution in [0.5, 0.6) is 0 Å². The monoisotopic (exact) mass is 407 g/mol. The number of rotatable bonds is 4. The minimum atomic E-state index is -1.35. The van der Waals surface area contributed by atoms with E-state index in [9.17, 15) is 18.8 Å². The van der Waals surface area contributed by atoms with E-state index < -0.39 is 28.9 Å². The first-order valence-electron chi connectivity index (χ1n) is 9.22. The van der Waals surface area contributed by atoms with Crippen molar-refractivity contribution in [3.05, 3.63) is 0 Å². The molecule has 0 radical (unpaired) electrons. The Kier molecular flexibility index (Phi) is 6.12. The van der Waals surface area contributed by atoms with Gasteiger partial charge in [0, 0.05) is 5.38 Å². The second kappa shape index (κ2) is 8.01. The number of carbonyl (C=O) groups excluding carboxylic acids is 3. The molecule has 7 atom stereocenters. The highest BCUT2D eigenvalue weighted by Gasteiger charge is 2.53. The van der Waals surface area contributed by atoms with Crippen LogP contribution in [0.1, 0.15) is 44.9 Å². The molecule has 1 heterocycles. The first kappa shape index (κ1) is 19.9. The molecule has 5 nitrogen and oxygen atoms in total. The maximum absolute atomic E-state index is 14.8. The summed E-state index contributed by atoms with van der Waals surface area (Å²) in [5.74, 6) is -1.91. The fraction of sp³-hybridized carbons (Fsp3) is 0.833. The third-order valence-electron chi connectivity index (χ3n) is 6.10. The van der Waals surface area contributed by atoms with Crippen LogP contribution in [0.2, 0.25) is 0 Å². The summed E-state index contributed by atoms with van der Waals surface area (Å²) in [6.45, 7) is 0. The minimum absolute atomic E-state index is 0.0358. The molecule has 2 saturated carbocycles. The molecule has 0 N–H and O–H groups in total. The van der Waals surface area contributed by atoms with E-state index >= 15 is 0 Å². The molecule has 2 aliphatic carbocycles. The van der Waals surface area contributed by atoms with Crippen molar-refractivity contribution >= 4 is 41.0 Å². The maximum Gasteiger partial charge on any atom is 0.323 e. The second-order valence-electron chi connectivity index (χ2n) is 7.60. The van der Waals surface area contributed by atoms with Crippen molar-refractivity contribution in [3.8, 4) is 0 Å². The molecule has 2 amide bonds. The molecule has 0 aromatic heterocycles. The predicted octanol–water partition coefficient (Wildman–Crippen LogP) is 3.06. The number of imide groups is 1. The van der Waals surface area contributed by atoms with Gasteiger partial charge >= 0.3 is 5.97 Å². The van der Waals surface area contributed by atoms with Gasteiger partial charge in [0.15, 0.2) is 0 Å². The molecule has 1 saturated heterocycles. The van der Waals surface area contributed by atoms with Crippen molar-refractivity contribution in [2.75, 3.05) is 7.11 Å². The van der Waals surface area contributed by atoms with Gasteiger partial charge in [-0.1, -0.05) is 12.8 Å². The van der Waals surface area contributed by atoms with Crippen LogP contribution in [0.4, 0.5) is 4.39 Å². The van der Waals surface area contributed by atoms with Gasteiger partial charge in [-0.15, -0.1) is 23.2 Å². The van der Waals surface area contributed by atoms with Gasteiger partial charge in [0.2, 0.25) is 11.8 Å². The van der Waals surface area contributed by atoms with Gasteiger partial charge in [-0.05, 0) is 38.0 Å². The van der Waals surface area contributed by atoms with E-state index in [-0.39, 0.29) is 48.8 Å². The van der Waals surface area contributed by atoms with Crippen LogP contribution in [0.3, 0.4) is 0 Å². The molecule has 3 rings (SSSR count). The largest absolute Gasteiger partial charge is 0.468 e. The van der Waals surface area contributed by atoms with Gasteiger partial charge in [-0.25, -0.2) is 4.39 Å². The summed E-state index contributed by atoms with van der Waals surface area (Å²) in [4.78, 5) is 38.3. The fourth-order valence-corrected chi connectivity index (χ4v) is 5.38. The quantitative estimate of drug-likeness (QED) is 0.408. The van der Waals surface area contributed by atoms with E-state index in [1.165, 1.54) is 12.0 Å². The van der Waals surface area contributed by atoms with Crippen LogP contribution in [0.25, 0.3) is 0 Å². The van der Waals surface area contributed by atoms with Crippen molar-refractivity contribution in [2.24, 2.45) is 17.8 Å². The number of fused-ring (bicyclic) bond motifs is 1. The standard InChI is InChI=1S/C18H24Cl2FNO4/c1-26-18(25)13(20)6-9-7-15(14(21)8-12(9)19)22-16(23)10-4-2-3-5-11(10)17(22)24/h9-15H,2-8H2,1H3. The van der Waals surface area contributed by atoms with Crippen molar-refractivity contribution in [1.29, 1.82) is 0 Å². The number of halogens is 3. The Labute approximate surface area is 162 Å². The Morgan fingerprint density at radius 1 is 1.23 bits per heavy atom. The van der Waals surface area contributed by atoms with E-state index in [2.05, 4.69) is 4.74 Å². The van der Waals surface area contributed by atoms with Crippen LogP contribution in [-0.2, 0) is 19.1 Å². The summed E-state index contributed by atoms with van der Waals surface area (Å²) in [6.07, 6.45) is 2.39. The molecule has 3 fully saturated rings. The van der Waals surface area contributed by atoms with Gasteiger partial charge in [0.05, 0.1) is 25.0 Å². The zero-order valence-electron chi connectivity index (χ0n) is 14.7. The Morgan fingerprint density at radius 3 is 2.35 bits per heavy atom. The molecule has 0 aromatic carbocycles. The van der Waals surface area contributed by atoms with E-state index in [0.717, 1.165) is 12.8 Å². The van der Waals surface area contributed by atoms with E-state index in [1.54, 1.807) is 0 Å². The van der Waals surface area contributed by atoms with Crippen molar-refractivity contribution in [1.82, 2.24) is 4.90 Å². The molecule has 0 spiro atoms. The highest BCUT2D eigenvalue weighted by molar-refractivity contribution is 6.30. The zero-order chi connectivity index (χ0) is 19.0. The number of amides is 2. The molecule has 3 aliphatic rings. The minimum Gasteiger partial charge on any atom is -0.468 e. The summed E-state index contributed by atoms with van der Waals surface area (Å²) in [5, 5.41) is -1.38. The van der Waals surface area contributed by atoms with E-state index in [0.29, 0.717) is 12.8 Å². The van der Waals surface area contributed by atoms with Crippen molar-refractivity contribution in [2.45, 2.75) is 67.9 Å². The van der Waals surface area contributed by atoms with Crippen LogP contribution < -0.4 is 0 Å². The van der Waals surface area contributed by atoms with E-state index in [1.807, 2.05) is 0 Å². The van der Waals surface area contributed by atoms with Gasteiger partial charge in [0.1, 0.15) is 11.5 Å². The lowest BCUT2D eigenvalue weighted by Gasteiger charge is -2.39. The third kappa shape index (κ3) is 3.59. The first-order valence-corrected chi connectivity index (χ1v) is 10.1. The number of esters is 1. The summed E-state index contributed by atoms with van der Waals surface area (Å²) >= 11 is 12.4. The lowest BCUT2D eigenvalue weighted by Crippen LogP contribution is -2.51. The van der Waals surface area contributed by atoms with Gasteiger partial charge in [0.25, 0.3) is 0 Å².